The van der Waals surface area contributed by atoms with Crippen molar-refractivity contribution in [3.05, 3.63) is 61.8 Å². The predicted octanol–water partition coefficient (Wildman–Crippen LogP) is 2.47. The van der Waals surface area contributed by atoms with Crippen molar-refractivity contribution >= 4 is 23.0 Å². The Hall–Kier alpha value is -3.56. The maximum absolute atomic E-state index is 12.3. The number of pyridine rings is 1. The van der Waals surface area contributed by atoms with Crippen LogP contribution in [0.5, 0.6) is 5.88 Å². The average molecular weight is 332 g/mol. The first-order chi connectivity index (χ1) is 11.3. The molecule has 1 aromatic heterocycles. The Bertz CT molecular complexity index is 819. The third kappa shape index (κ3) is 3.43. The molecule has 0 aliphatic carbocycles. The summed E-state index contributed by atoms with van der Waals surface area (Å²) in [6, 6.07) is 4.85. The summed E-state index contributed by atoms with van der Waals surface area (Å²) in [7, 11) is 1.44. The number of methoxy groups -OCH3 is 1. The number of amides is 1. The fraction of sp³-hybridized carbons (Fsp3) is 0.143. The van der Waals surface area contributed by atoms with E-state index in [1.165, 1.54) is 32.4 Å². The summed E-state index contributed by atoms with van der Waals surface area (Å²) in [5.74, 6) is -0.374. The molecule has 24 heavy (non-hydrogen) atoms. The standard InChI is InChI=1S/C14H12N4O6/c1-8-11(5-10(17(20)21)6-12(8)18(22)23)14(19)16-9-3-4-13(24-2)15-7-9/h3-7H,1-2H3,(H,16,19). The highest BCUT2D eigenvalue weighted by Gasteiger charge is 2.24. The molecule has 2 aromatic rings. The number of anilines is 1. The number of nitrogens with zero attached hydrogens (tertiary/aromatic N) is 3. The number of nitro groups is 2. The van der Waals surface area contributed by atoms with Crippen molar-refractivity contribution in [2.75, 3.05) is 12.4 Å². The molecule has 0 saturated carbocycles. The minimum atomic E-state index is -0.793. The highest BCUT2D eigenvalue weighted by molar-refractivity contribution is 6.06. The first kappa shape index (κ1) is 16.8. The highest BCUT2D eigenvalue weighted by atomic mass is 16.6. The van der Waals surface area contributed by atoms with E-state index in [0.29, 0.717) is 11.6 Å². The van der Waals surface area contributed by atoms with Crippen LogP contribution in [0.4, 0.5) is 17.1 Å². The van der Waals surface area contributed by atoms with Gasteiger partial charge in [-0.15, -0.1) is 0 Å². The lowest BCUT2D eigenvalue weighted by atomic mass is 10.0. The van der Waals surface area contributed by atoms with E-state index in [-0.39, 0.29) is 11.1 Å². The fourth-order valence-electron chi connectivity index (χ4n) is 1.99. The number of hydrogen-bond donors (Lipinski definition) is 1. The zero-order valence-electron chi connectivity index (χ0n) is 12.7. The van der Waals surface area contributed by atoms with Gasteiger partial charge in [0.15, 0.2) is 0 Å². The molecule has 0 atom stereocenters. The van der Waals surface area contributed by atoms with Crippen LogP contribution in [0.15, 0.2) is 30.5 Å². The minimum Gasteiger partial charge on any atom is -0.481 e. The highest BCUT2D eigenvalue weighted by Crippen LogP contribution is 2.28. The van der Waals surface area contributed by atoms with Gasteiger partial charge in [-0.25, -0.2) is 4.98 Å². The SMILES string of the molecule is COc1ccc(NC(=O)c2cc([N+](=O)[O-])cc([N+](=O)[O-])c2C)cn1. The Morgan fingerprint density at radius 2 is 1.92 bits per heavy atom. The molecule has 0 saturated heterocycles. The largest absolute Gasteiger partial charge is 0.481 e. The second kappa shape index (κ2) is 6.69. The average Bonchev–Trinajstić information content (AvgIpc) is 2.55. The number of nitrogens with one attached hydrogen (secondary N) is 1. The normalized spacial score (nSPS) is 10.1. The number of aromatic nitrogens is 1. The van der Waals surface area contributed by atoms with Gasteiger partial charge in [-0.05, 0) is 13.0 Å². The number of carbonyl (C=O) groups excluding carboxylic acids is 1. The molecule has 0 radical (unpaired) electrons. The molecule has 1 amide bonds. The number of nitro benzene ring substituents is 2. The quantitative estimate of drug-likeness (QED) is 0.655. The molecule has 10 heteroatoms. The van der Waals surface area contributed by atoms with Crippen LogP contribution >= 0.6 is 0 Å². The van der Waals surface area contributed by atoms with E-state index in [9.17, 15) is 25.0 Å². The van der Waals surface area contributed by atoms with Crippen LogP contribution in [0.2, 0.25) is 0 Å². The second-order valence-electron chi connectivity index (χ2n) is 4.70. The van der Waals surface area contributed by atoms with Gasteiger partial charge < -0.3 is 10.1 Å². The van der Waals surface area contributed by atoms with Gasteiger partial charge >= 0.3 is 0 Å². The molecular weight excluding hydrogens is 320 g/mol. The molecule has 0 spiro atoms. The number of ether oxygens (including phenoxy) is 1. The number of benzene rings is 1. The van der Waals surface area contributed by atoms with Gasteiger partial charge in [-0.2, -0.15) is 0 Å². The van der Waals surface area contributed by atoms with Gasteiger partial charge in [-0.3, -0.25) is 25.0 Å². The van der Waals surface area contributed by atoms with E-state index in [1.807, 2.05) is 0 Å². The number of carbonyl (C=O) groups is 1. The Morgan fingerprint density at radius 3 is 2.42 bits per heavy atom. The molecule has 124 valence electrons. The van der Waals surface area contributed by atoms with Gasteiger partial charge in [0, 0.05) is 17.7 Å². The monoisotopic (exact) mass is 332 g/mol. The summed E-state index contributed by atoms with van der Waals surface area (Å²) in [6.07, 6.45) is 1.33. The minimum absolute atomic E-state index is 0.0320. The molecule has 1 N–H and O–H groups in total. The summed E-state index contributed by atoms with van der Waals surface area (Å²) >= 11 is 0. The first-order valence-corrected chi connectivity index (χ1v) is 6.58. The lowest BCUT2D eigenvalue weighted by Crippen LogP contribution is -2.15. The lowest BCUT2D eigenvalue weighted by molar-refractivity contribution is -0.394. The molecule has 1 aromatic carbocycles. The van der Waals surface area contributed by atoms with E-state index < -0.39 is 27.1 Å². The molecular formula is C14H12N4O6. The molecule has 0 bridgehead atoms. The third-order valence-corrected chi connectivity index (χ3v) is 3.22. The van der Waals surface area contributed by atoms with Crippen LogP contribution in [0.25, 0.3) is 0 Å². The van der Waals surface area contributed by atoms with Crippen LogP contribution < -0.4 is 10.1 Å². The number of non-ortho nitro benzene ring substituents is 1. The summed E-state index contributed by atoms with van der Waals surface area (Å²) in [5, 5.41) is 24.4. The van der Waals surface area contributed by atoms with E-state index in [4.69, 9.17) is 4.74 Å². The van der Waals surface area contributed by atoms with Gasteiger partial charge in [0.05, 0.1) is 40.5 Å². The first-order valence-electron chi connectivity index (χ1n) is 6.58. The van der Waals surface area contributed by atoms with Gasteiger partial charge in [0.1, 0.15) is 0 Å². The zero-order valence-corrected chi connectivity index (χ0v) is 12.7. The molecule has 2 rings (SSSR count). The second-order valence-corrected chi connectivity index (χ2v) is 4.70. The summed E-state index contributed by atoms with van der Waals surface area (Å²) in [5.41, 5.74) is -0.849. The zero-order chi connectivity index (χ0) is 17.9. The maximum atomic E-state index is 12.3. The van der Waals surface area contributed by atoms with Crippen LogP contribution in [0.1, 0.15) is 15.9 Å². The summed E-state index contributed by atoms with van der Waals surface area (Å²) in [4.78, 5) is 36.6. The van der Waals surface area contributed by atoms with Crippen LogP contribution in [0.3, 0.4) is 0 Å². The Labute approximate surface area is 135 Å². The molecule has 10 nitrogen and oxygen atoms in total. The molecule has 0 aliphatic rings. The smallest absolute Gasteiger partial charge is 0.279 e. The van der Waals surface area contributed by atoms with Crippen LogP contribution in [-0.4, -0.2) is 27.8 Å². The van der Waals surface area contributed by atoms with Crippen molar-refractivity contribution in [3.8, 4) is 5.88 Å². The number of rotatable bonds is 5. The van der Waals surface area contributed by atoms with Gasteiger partial charge in [-0.1, -0.05) is 0 Å². The third-order valence-electron chi connectivity index (χ3n) is 3.22. The Kier molecular flexibility index (Phi) is 4.68. The van der Waals surface area contributed by atoms with E-state index in [1.54, 1.807) is 0 Å². The Balaban J connectivity index is 2.40. The fourth-order valence-corrected chi connectivity index (χ4v) is 1.99. The van der Waals surface area contributed by atoms with Gasteiger partial charge in [0.2, 0.25) is 5.88 Å². The lowest BCUT2D eigenvalue weighted by Gasteiger charge is -2.08. The molecule has 0 aliphatic heterocycles. The van der Waals surface area contributed by atoms with Crippen molar-refractivity contribution in [2.45, 2.75) is 6.92 Å². The van der Waals surface area contributed by atoms with E-state index in [0.717, 1.165) is 12.1 Å². The van der Waals surface area contributed by atoms with Crippen molar-refractivity contribution in [2.24, 2.45) is 0 Å². The van der Waals surface area contributed by atoms with Crippen molar-refractivity contribution in [1.82, 2.24) is 4.98 Å². The topological polar surface area (TPSA) is 138 Å². The Morgan fingerprint density at radius 1 is 1.21 bits per heavy atom. The van der Waals surface area contributed by atoms with Gasteiger partial charge in [0.25, 0.3) is 17.3 Å². The van der Waals surface area contributed by atoms with Crippen molar-refractivity contribution in [3.63, 3.8) is 0 Å². The van der Waals surface area contributed by atoms with Crippen LogP contribution in [-0.2, 0) is 0 Å². The van der Waals surface area contributed by atoms with Crippen LogP contribution in [0, 0.1) is 27.2 Å². The number of hydrogen-bond acceptors (Lipinski definition) is 7. The molecule has 0 fully saturated rings. The summed E-state index contributed by atoms with van der Waals surface area (Å²) < 4.78 is 4.89. The van der Waals surface area contributed by atoms with E-state index >= 15 is 0 Å². The maximum Gasteiger partial charge on any atom is 0.279 e. The van der Waals surface area contributed by atoms with Crippen molar-refractivity contribution in [1.29, 1.82) is 0 Å². The van der Waals surface area contributed by atoms with Crippen molar-refractivity contribution < 1.29 is 19.4 Å². The van der Waals surface area contributed by atoms with E-state index in [2.05, 4.69) is 10.3 Å². The predicted molar refractivity (Wildman–Crippen MR) is 83.2 cm³/mol. The summed E-state index contributed by atoms with van der Waals surface area (Å²) in [6.45, 7) is 1.35. The molecule has 1 heterocycles. The molecule has 0 unspecified atom stereocenters.